The standard InChI is InChI=1S/C20H25NO3/c1-4-21(15-20(2,3)23)19(22)17-12-10-16(11-13-17)14-24-18-8-6-5-7-9-18/h5-13,23H,4,14-15H2,1-3H3. The summed E-state index contributed by atoms with van der Waals surface area (Å²) in [5, 5.41) is 9.93. The summed E-state index contributed by atoms with van der Waals surface area (Å²) in [7, 11) is 0. The van der Waals surface area contributed by atoms with E-state index in [1.165, 1.54) is 0 Å². The van der Waals surface area contributed by atoms with E-state index in [1.807, 2.05) is 49.4 Å². The minimum atomic E-state index is -0.908. The number of benzene rings is 2. The topological polar surface area (TPSA) is 49.8 Å². The minimum absolute atomic E-state index is 0.0739. The Balaban J connectivity index is 1.98. The molecule has 0 saturated heterocycles. The van der Waals surface area contributed by atoms with Crippen molar-refractivity contribution in [3.63, 3.8) is 0 Å². The second-order valence-electron chi connectivity index (χ2n) is 6.43. The summed E-state index contributed by atoms with van der Waals surface area (Å²) in [6.45, 7) is 6.63. The van der Waals surface area contributed by atoms with Crippen molar-refractivity contribution in [2.24, 2.45) is 0 Å². The van der Waals surface area contributed by atoms with Crippen LogP contribution in [-0.4, -0.2) is 34.6 Å². The van der Waals surface area contributed by atoms with Crippen LogP contribution in [0.15, 0.2) is 54.6 Å². The van der Waals surface area contributed by atoms with E-state index in [2.05, 4.69) is 0 Å². The molecule has 0 atom stereocenters. The molecule has 0 heterocycles. The van der Waals surface area contributed by atoms with Crippen molar-refractivity contribution in [3.8, 4) is 5.75 Å². The Labute approximate surface area is 143 Å². The van der Waals surface area contributed by atoms with Gasteiger partial charge >= 0.3 is 0 Å². The number of likely N-dealkylation sites (N-methyl/N-ethyl adjacent to an activating group) is 1. The molecule has 2 aromatic carbocycles. The van der Waals surface area contributed by atoms with Crippen molar-refractivity contribution in [2.45, 2.75) is 33.0 Å². The molecular formula is C20H25NO3. The van der Waals surface area contributed by atoms with E-state index in [4.69, 9.17) is 4.74 Å². The third-order valence-corrected chi connectivity index (χ3v) is 3.60. The number of aliphatic hydroxyl groups is 1. The molecule has 0 radical (unpaired) electrons. The zero-order chi connectivity index (χ0) is 17.6. The van der Waals surface area contributed by atoms with Gasteiger partial charge in [0, 0.05) is 18.7 Å². The van der Waals surface area contributed by atoms with Crippen LogP contribution in [0.3, 0.4) is 0 Å². The summed E-state index contributed by atoms with van der Waals surface area (Å²) in [6, 6.07) is 17.0. The van der Waals surface area contributed by atoms with Crippen LogP contribution in [0.1, 0.15) is 36.7 Å². The Morgan fingerprint density at radius 1 is 1.08 bits per heavy atom. The summed E-state index contributed by atoms with van der Waals surface area (Å²) in [5.74, 6) is 0.746. The number of carbonyl (C=O) groups excluding carboxylic acids is 1. The van der Waals surface area contributed by atoms with E-state index < -0.39 is 5.60 Å². The molecule has 1 N–H and O–H groups in total. The number of hydrogen-bond acceptors (Lipinski definition) is 3. The third-order valence-electron chi connectivity index (χ3n) is 3.60. The maximum Gasteiger partial charge on any atom is 0.253 e. The molecule has 1 amide bonds. The van der Waals surface area contributed by atoms with Crippen LogP contribution in [0.2, 0.25) is 0 Å². The lowest BCUT2D eigenvalue weighted by atomic mass is 10.1. The first-order chi connectivity index (χ1) is 11.4. The van der Waals surface area contributed by atoms with Gasteiger partial charge in [-0.15, -0.1) is 0 Å². The zero-order valence-corrected chi connectivity index (χ0v) is 14.5. The molecule has 4 heteroatoms. The van der Waals surface area contributed by atoms with Crippen molar-refractivity contribution < 1.29 is 14.6 Å². The van der Waals surface area contributed by atoms with Gasteiger partial charge in [0.1, 0.15) is 12.4 Å². The van der Waals surface area contributed by atoms with Crippen molar-refractivity contribution in [3.05, 3.63) is 65.7 Å². The van der Waals surface area contributed by atoms with Crippen LogP contribution < -0.4 is 4.74 Å². The first-order valence-corrected chi connectivity index (χ1v) is 8.17. The third kappa shape index (κ3) is 5.39. The largest absolute Gasteiger partial charge is 0.489 e. The highest BCUT2D eigenvalue weighted by molar-refractivity contribution is 5.94. The summed E-state index contributed by atoms with van der Waals surface area (Å²) >= 11 is 0. The Hall–Kier alpha value is -2.33. The molecule has 2 aromatic rings. The van der Waals surface area contributed by atoms with Crippen molar-refractivity contribution in [1.29, 1.82) is 0 Å². The molecule has 0 aliphatic heterocycles. The van der Waals surface area contributed by atoms with Crippen LogP contribution >= 0.6 is 0 Å². The minimum Gasteiger partial charge on any atom is -0.489 e. The maximum absolute atomic E-state index is 12.5. The first-order valence-electron chi connectivity index (χ1n) is 8.17. The van der Waals surface area contributed by atoms with Crippen molar-refractivity contribution >= 4 is 5.91 Å². The van der Waals surface area contributed by atoms with Crippen molar-refractivity contribution in [1.82, 2.24) is 4.90 Å². The highest BCUT2D eigenvalue weighted by Gasteiger charge is 2.22. The fourth-order valence-corrected chi connectivity index (χ4v) is 2.40. The van der Waals surface area contributed by atoms with Crippen LogP contribution in [0.4, 0.5) is 0 Å². The number of rotatable bonds is 7. The number of carbonyl (C=O) groups is 1. The van der Waals surface area contributed by atoms with Gasteiger partial charge in [0.05, 0.1) is 5.60 Å². The van der Waals surface area contributed by atoms with Gasteiger partial charge in [-0.05, 0) is 50.6 Å². The monoisotopic (exact) mass is 327 g/mol. The maximum atomic E-state index is 12.5. The Kier molecular flexibility index (Phi) is 5.99. The van der Waals surface area contributed by atoms with Gasteiger partial charge in [-0.1, -0.05) is 30.3 Å². The average Bonchev–Trinajstić information content (AvgIpc) is 2.58. The molecular weight excluding hydrogens is 302 g/mol. The zero-order valence-electron chi connectivity index (χ0n) is 14.5. The number of hydrogen-bond donors (Lipinski definition) is 1. The van der Waals surface area contributed by atoms with Crippen LogP contribution in [0, 0.1) is 0 Å². The molecule has 2 rings (SSSR count). The Morgan fingerprint density at radius 2 is 1.71 bits per heavy atom. The molecule has 0 bridgehead atoms. The first kappa shape index (κ1) is 18.0. The molecule has 0 aromatic heterocycles. The Morgan fingerprint density at radius 3 is 2.25 bits per heavy atom. The fraction of sp³-hybridized carbons (Fsp3) is 0.350. The summed E-state index contributed by atoms with van der Waals surface area (Å²) in [4.78, 5) is 14.2. The molecule has 0 aliphatic rings. The number of ether oxygens (including phenoxy) is 1. The SMILES string of the molecule is CCN(CC(C)(C)O)C(=O)c1ccc(COc2ccccc2)cc1. The Bertz CT molecular complexity index is 645. The van der Waals surface area contributed by atoms with E-state index in [0.717, 1.165) is 11.3 Å². The second-order valence-corrected chi connectivity index (χ2v) is 6.43. The lowest BCUT2D eigenvalue weighted by molar-refractivity contribution is 0.0314. The van der Waals surface area contributed by atoms with Crippen LogP contribution in [0.25, 0.3) is 0 Å². The molecule has 0 fully saturated rings. The van der Waals surface area contributed by atoms with Crippen LogP contribution in [0.5, 0.6) is 5.75 Å². The molecule has 0 saturated carbocycles. The van der Waals surface area contributed by atoms with E-state index in [-0.39, 0.29) is 5.91 Å². The number of nitrogens with zero attached hydrogens (tertiary/aromatic N) is 1. The van der Waals surface area contributed by atoms with Gasteiger partial charge in [-0.25, -0.2) is 0 Å². The molecule has 24 heavy (non-hydrogen) atoms. The molecule has 0 spiro atoms. The molecule has 0 unspecified atom stereocenters. The highest BCUT2D eigenvalue weighted by Crippen LogP contribution is 2.14. The molecule has 0 aliphatic carbocycles. The van der Waals surface area contributed by atoms with Gasteiger partial charge in [-0.2, -0.15) is 0 Å². The average molecular weight is 327 g/mol. The predicted octanol–water partition coefficient (Wildman–Crippen LogP) is 3.50. The molecule has 4 nitrogen and oxygen atoms in total. The number of para-hydroxylation sites is 1. The van der Waals surface area contributed by atoms with Gasteiger partial charge in [-0.3, -0.25) is 4.79 Å². The van der Waals surface area contributed by atoms with Gasteiger partial charge in [0.15, 0.2) is 0 Å². The predicted molar refractivity (Wildman–Crippen MR) is 95.1 cm³/mol. The van der Waals surface area contributed by atoms with E-state index in [0.29, 0.717) is 25.3 Å². The summed E-state index contributed by atoms with van der Waals surface area (Å²) in [6.07, 6.45) is 0. The van der Waals surface area contributed by atoms with Crippen LogP contribution in [-0.2, 0) is 6.61 Å². The fourth-order valence-electron chi connectivity index (χ4n) is 2.40. The van der Waals surface area contributed by atoms with Gasteiger partial charge in [0.25, 0.3) is 5.91 Å². The van der Waals surface area contributed by atoms with E-state index in [9.17, 15) is 9.90 Å². The quantitative estimate of drug-likeness (QED) is 0.847. The summed E-state index contributed by atoms with van der Waals surface area (Å²) in [5.41, 5.74) is 0.709. The number of amides is 1. The smallest absolute Gasteiger partial charge is 0.253 e. The lowest BCUT2D eigenvalue weighted by Crippen LogP contribution is -2.42. The normalized spacial score (nSPS) is 11.2. The van der Waals surface area contributed by atoms with E-state index >= 15 is 0 Å². The van der Waals surface area contributed by atoms with Crippen molar-refractivity contribution in [2.75, 3.05) is 13.1 Å². The highest BCUT2D eigenvalue weighted by atomic mass is 16.5. The lowest BCUT2D eigenvalue weighted by Gasteiger charge is -2.28. The van der Waals surface area contributed by atoms with Gasteiger partial charge < -0.3 is 14.7 Å². The second kappa shape index (κ2) is 7.97. The summed E-state index contributed by atoms with van der Waals surface area (Å²) < 4.78 is 5.70. The van der Waals surface area contributed by atoms with E-state index in [1.54, 1.807) is 30.9 Å². The molecule has 128 valence electrons. The van der Waals surface area contributed by atoms with Gasteiger partial charge in [0.2, 0.25) is 0 Å².